The average Bonchev–Trinajstić information content (AvgIpc) is 2.97. The van der Waals surface area contributed by atoms with Crippen LogP contribution in [0.15, 0.2) is 47.3 Å². The van der Waals surface area contributed by atoms with Gasteiger partial charge in [-0.1, -0.05) is 30.3 Å². The van der Waals surface area contributed by atoms with Crippen molar-refractivity contribution < 1.29 is 19.0 Å². The van der Waals surface area contributed by atoms with E-state index in [0.717, 1.165) is 16.3 Å². The van der Waals surface area contributed by atoms with Crippen LogP contribution in [-0.2, 0) is 0 Å². The molecule has 0 saturated heterocycles. The van der Waals surface area contributed by atoms with Gasteiger partial charge in [0, 0.05) is 12.1 Å². The highest BCUT2D eigenvalue weighted by atomic mass is 19.1. The lowest BCUT2D eigenvalue weighted by molar-refractivity contribution is 0.0689. The molecule has 8 heteroatoms. The quantitative estimate of drug-likeness (QED) is 0.679. The molecule has 0 spiro atoms. The maximum absolute atomic E-state index is 14.7. The third-order valence-corrected chi connectivity index (χ3v) is 4.58. The van der Waals surface area contributed by atoms with Gasteiger partial charge in [-0.2, -0.15) is 9.78 Å². The number of carboxylic acids is 1. The molecular weight excluding hydrogens is 377 g/mol. The van der Waals surface area contributed by atoms with Crippen LogP contribution in [0.3, 0.4) is 0 Å². The van der Waals surface area contributed by atoms with Gasteiger partial charge >= 0.3 is 11.7 Å². The van der Waals surface area contributed by atoms with E-state index in [1.54, 1.807) is 13.8 Å². The van der Waals surface area contributed by atoms with Crippen LogP contribution in [0.1, 0.15) is 54.7 Å². The van der Waals surface area contributed by atoms with Crippen molar-refractivity contribution in [2.45, 2.75) is 39.8 Å². The lowest BCUT2D eigenvalue weighted by atomic mass is 10.1. The summed E-state index contributed by atoms with van der Waals surface area (Å²) >= 11 is 0. The van der Waals surface area contributed by atoms with Crippen molar-refractivity contribution in [2.24, 2.45) is 0 Å². The Bertz CT molecular complexity index is 1100. The predicted octanol–water partition coefficient (Wildman–Crippen LogP) is 3.90. The van der Waals surface area contributed by atoms with Gasteiger partial charge in [0.25, 0.3) is 0 Å². The van der Waals surface area contributed by atoms with E-state index >= 15 is 0 Å². The number of aromatic nitrogens is 3. The first-order valence-corrected chi connectivity index (χ1v) is 9.17. The van der Waals surface area contributed by atoms with Crippen molar-refractivity contribution in [2.75, 3.05) is 0 Å². The zero-order valence-corrected chi connectivity index (χ0v) is 16.6. The highest BCUT2D eigenvalue weighted by Gasteiger charge is 2.23. The maximum Gasteiger partial charge on any atom is 0.351 e. The van der Waals surface area contributed by atoms with Crippen LogP contribution in [0.25, 0.3) is 5.69 Å². The zero-order valence-electron chi connectivity index (χ0n) is 16.6. The summed E-state index contributed by atoms with van der Waals surface area (Å²) in [6.07, 6.45) is -0.487. The topological polar surface area (TPSA) is 86.4 Å². The minimum atomic E-state index is -1.33. The van der Waals surface area contributed by atoms with Crippen LogP contribution in [0, 0.1) is 12.7 Å². The molecule has 0 aliphatic carbocycles. The molecule has 0 fully saturated rings. The largest absolute Gasteiger partial charge is 0.485 e. The second-order valence-electron chi connectivity index (χ2n) is 6.98. The number of carbonyl (C=O) groups is 1. The van der Waals surface area contributed by atoms with Gasteiger partial charge in [0.05, 0.1) is 0 Å². The number of hydrogen-bond acceptors (Lipinski definition) is 4. The summed E-state index contributed by atoms with van der Waals surface area (Å²) < 4.78 is 22.9. The Hall–Kier alpha value is -3.42. The first kappa shape index (κ1) is 20.3. The molecule has 0 radical (unpaired) electrons. The molecule has 0 amide bonds. The number of rotatable bonds is 6. The second-order valence-corrected chi connectivity index (χ2v) is 6.98. The van der Waals surface area contributed by atoms with Crippen LogP contribution in [-0.4, -0.2) is 25.4 Å². The SMILES string of the molecule is Cc1nn(-c2cc(OC(C)c3ccccc3)c(C(=O)O)cc2F)c(=O)n1C(C)C. The molecule has 1 N–H and O–H groups in total. The number of halogens is 1. The minimum absolute atomic E-state index is 0.0473. The van der Waals surface area contributed by atoms with E-state index in [1.807, 2.05) is 44.2 Å². The molecule has 1 heterocycles. The molecule has 3 aromatic rings. The molecule has 7 nitrogen and oxygen atoms in total. The number of aryl methyl sites for hydroxylation is 1. The third kappa shape index (κ3) is 3.91. The Morgan fingerprint density at radius 2 is 1.83 bits per heavy atom. The molecule has 2 aromatic carbocycles. The molecule has 3 rings (SSSR count). The van der Waals surface area contributed by atoms with Crippen molar-refractivity contribution in [1.82, 2.24) is 14.3 Å². The fourth-order valence-corrected chi connectivity index (χ4v) is 3.18. The third-order valence-electron chi connectivity index (χ3n) is 4.58. The normalized spacial score (nSPS) is 12.2. The summed E-state index contributed by atoms with van der Waals surface area (Å²) in [6, 6.07) is 11.1. The van der Waals surface area contributed by atoms with Crippen LogP contribution in [0.5, 0.6) is 5.75 Å². The van der Waals surface area contributed by atoms with Crippen molar-refractivity contribution in [3.63, 3.8) is 0 Å². The summed E-state index contributed by atoms with van der Waals surface area (Å²) in [4.78, 5) is 24.3. The fourth-order valence-electron chi connectivity index (χ4n) is 3.18. The van der Waals surface area contributed by atoms with E-state index in [9.17, 15) is 19.1 Å². The summed E-state index contributed by atoms with van der Waals surface area (Å²) in [7, 11) is 0. The lowest BCUT2D eigenvalue weighted by Crippen LogP contribution is -2.26. The van der Waals surface area contributed by atoms with Gasteiger partial charge in [-0.05, 0) is 39.3 Å². The van der Waals surface area contributed by atoms with Crippen molar-refractivity contribution in [1.29, 1.82) is 0 Å². The molecule has 152 valence electrons. The van der Waals surface area contributed by atoms with Crippen LogP contribution < -0.4 is 10.4 Å². The van der Waals surface area contributed by atoms with Gasteiger partial charge in [0.2, 0.25) is 0 Å². The Balaban J connectivity index is 2.12. The van der Waals surface area contributed by atoms with E-state index in [-0.39, 0.29) is 23.0 Å². The first-order chi connectivity index (χ1) is 13.7. The molecule has 0 aliphatic heterocycles. The summed E-state index contributed by atoms with van der Waals surface area (Å²) in [6.45, 7) is 7.05. The highest BCUT2D eigenvalue weighted by molar-refractivity contribution is 5.91. The number of aromatic carboxylic acids is 1. The van der Waals surface area contributed by atoms with Crippen LogP contribution >= 0.6 is 0 Å². The highest BCUT2D eigenvalue weighted by Crippen LogP contribution is 2.29. The zero-order chi connectivity index (χ0) is 21.3. The van der Waals surface area contributed by atoms with Gasteiger partial charge in [0.15, 0.2) is 0 Å². The number of ether oxygens (including phenoxy) is 1. The van der Waals surface area contributed by atoms with Gasteiger partial charge in [0.1, 0.15) is 34.7 Å². The molecule has 29 heavy (non-hydrogen) atoms. The molecule has 1 aromatic heterocycles. The summed E-state index contributed by atoms with van der Waals surface area (Å²) in [5.41, 5.74) is -0.187. The van der Waals surface area contributed by atoms with Gasteiger partial charge in [-0.25, -0.2) is 14.0 Å². The van der Waals surface area contributed by atoms with Gasteiger partial charge in [-0.15, -0.1) is 0 Å². The summed E-state index contributed by atoms with van der Waals surface area (Å²) in [5, 5.41) is 13.6. The molecule has 1 unspecified atom stereocenters. The van der Waals surface area contributed by atoms with Crippen molar-refractivity contribution >= 4 is 5.97 Å². The molecular formula is C21H22FN3O4. The van der Waals surface area contributed by atoms with Crippen molar-refractivity contribution in [3.05, 3.63) is 75.7 Å². The number of hydrogen-bond donors (Lipinski definition) is 1. The van der Waals surface area contributed by atoms with Gasteiger partial charge < -0.3 is 9.84 Å². The number of nitrogens with zero attached hydrogens (tertiary/aromatic N) is 3. The molecule has 1 atom stereocenters. The first-order valence-electron chi connectivity index (χ1n) is 9.17. The van der Waals surface area contributed by atoms with Crippen molar-refractivity contribution in [3.8, 4) is 11.4 Å². The standard InChI is InChI=1S/C21H22FN3O4/c1-12(2)24-14(4)23-25(21(24)28)18-11-19(16(20(26)27)10-17(18)22)29-13(3)15-8-6-5-7-9-15/h5-13H,1-4H3,(H,26,27). The lowest BCUT2D eigenvalue weighted by Gasteiger charge is -2.18. The van der Waals surface area contributed by atoms with Gasteiger partial charge in [-0.3, -0.25) is 4.57 Å². The average molecular weight is 399 g/mol. The van der Waals surface area contributed by atoms with E-state index in [0.29, 0.717) is 5.82 Å². The van der Waals surface area contributed by atoms with E-state index in [4.69, 9.17) is 4.74 Å². The van der Waals surface area contributed by atoms with E-state index in [2.05, 4.69) is 5.10 Å². The predicted molar refractivity (Wildman–Crippen MR) is 105 cm³/mol. The Labute approximate surface area is 167 Å². The number of carboxylic acid groups (broad SMARTS) is 1. The second kappa shape index (κ2) is 7.90. The van der Waals surface area contributed by atoms with Crippen LogP contribution in [0.4, 0.5) is 4.39 Å². The minimum Gasteiger partial charge on any atom is -0.485 e. The molecule has 0 aliphatic rings. The number of benzene rings is 2. The molecule has 0 bridgehead atoms. The van der Waals surface area contributed by atoms with E-state index in [1.165, 1.54) is 10.6 Å². The Morgan fingerprint density at radius 3 is 2.38 bits per heavy atom. The van der Waals surface area contributed by atoms with Crippen LogP contribution in [0.2, 0.25) is 0 Å². The monoisotopic (exact) mass is 399 g/mol. The summed E-state index contributed by atoms with van der Waals surface area (Å²) in [5.74, 6) is -1.83. The Kier molecular flexibility index (Phi) is 5.54. The Morgan fingerprint density at radius 1 is 1.17 bits per heavy atom. The molecule has 0 saturated carbocycles. The fraction of sp³-hybridized carbons (Fsp3) is 0.286. The smallest absolute Gasteiger partial charge is 0.351 e. The van der Waals surface area contributed by atoms with E-state index < -0.39 is 23.6 Å². The maximum atomic E-state index is 14.7.